The molecule has 12 heteroatoms. The minimum Gasteiger partial charge on any atom is -0.495 e. The Morgan fingerprint density at radius 2 is 1.97 bits per heavy atom. The first-order valence-corrected chi connectivity index (χ1v) is 12.0. The molecule has 0 aliphatic heterocycles. The minimum absolute atomic E-state index is 0.00770. The highest BCUT2D eigenvalue weighted by Gasteiger charge is 2.34. The van der Waals surface area contributed by atoms with Gasteiger partial charge in [-0.15, -0.1) is 0 Å². The fraction of sp³-hybridized carbons (Fsp3) is 0.304. The third-order valence-corrected chi connectivity index (χ3v) is 6.91. The van der Waals surface area contributed by atoms with Gasteiger partial charge in [0.25, 0.3) is 10.0 Å². The van der Waals surface area contributed by atoms with E-state index in [1.165, 1.54) is 25.3 Å². The molecule has 0 atom stereocenters. The number of alkyl halides is 3. The zero-order valence-corrected chi connectivity index (χ0v) is 19.9. The normalized spacial score (nSPS) is 11.8. The first-order chi connectivity index (χ1) is 16.5. The molecule has 1 N–H and O–H groups in total. The third-order valence-electron chi connectivity index (χ3n) is 5.11. The summed E-state index contributed by atoms with van der Waals surface area (Å²) in [6.45, 7) is 1.77. The van der Waals surface area contributed by atoms with Gasteiger partial charge in [-0.05, 0) is 49.2 Å². The number of nitrogens with zero attached hydrogens (tertiary/aromatic N) is 3. The molecule has 188 valence electrons. The van der Waals surface area contributed by atoms with E-state index in [1.807, 2.05) is 4.57 Å². The fourth-order valence-electron chi connectivity index (χ4n) is 3.35. The highest BCUT2D eigenvalue weighted by Crippen LogP contribution is 2.35. The predicted octanol–water partition coefficient (Wildman–Crippen LogP) is 3.62. The summed E-state index contributed by atoms with van der Waals surface area (Å²) < 4.78 is 74.9. The molecule has 0 bridgehead atoms. The van der Waals surface area contributed by atoms with Crippen LogP contribution in [-0.2, 0) is 27.5 Å². The molecule has 1 amide bonds. The molecule has 8 nitrogen and oxygen atoms in total. The molecule has 0 spiro atoms. The van der Waals surface area contributed by atoms with E-state index in [9.17, 15) is 26.4 Å². The molecule has 3 aromatic rings. The van der Waals surface area contributed by atoms with Gasteiger partial charge in [-0.25, -0.2) is 13.4 Å². The van der Waals surface area contributed by atoms with E-state index < -0.39 is 34.2 Å². The van der Waals surface area contributed by atoms with Gasteiger partial charge in [-0.2, -0.15) is 13.2 Å². The van der Waals surface area contributed by atoms with E-state index in [-0.39, 0.29) is 22.9 Å². The van der Waals surface area contributed by atoms with Crippen molar-refractivity contribution in [3.8, 4) is 5.75 Å². The highest BCUT2D eigenvalue weighted by molar-refractivity contribution is 7.93. The molecular formula is C23H25F3N4O4S. The number of carbonyl (C=O) groups is 1. The molecule has 1 aromatic heterocycles. The number of ether oxygens (including phenoxy) is 1. The molecule has 1 heterocycles. The lowest BCUT2D eigenvalue weighted by Gasteiger charge is -2.26. The van der Waals surface area contributed by atoms with Crippen LogP contribution in [0.3, 0.4) is 0 Å². The van der Waals surface area contributed by atoms with Crippen LogP contribution in [0, 0.1) is 6.92 Å². The summed E-state index contributed by atoms with van der Waals surface area (Å²) in [6, 6.07) is 8.27. The number of hydrogen-bond acceptors (Lipinski definition) is 5. The Morgan fingerprint density at radius 3 is 2.63 bits per heavy atom. The van der Waals surface area contributed by atoms with Crippen LogP contribution < -0.4 is 14.4 Å². The lowest BCUT2D eigenvalue weighted by atomic mass is 10.2. The smallest absolute Gasteiger partial charge is 0.416 e. The third kappa shape index (κ3) is 6.53. The van der Waals surface area contributed by atoms with Gasteiger partial charge in [-0.1, -0.05) is 12.1 Å². The largest absolute Gasteiger partial charge is 0.495 e. The predicted molar refractivity (Wildman–Crippen MR) is 124 cm³/mol. The van der Waals surface area contributed by atoms with Crippen LogP contribution in [0.15, 0.2) is 66.1 Å². The molecule has 0 saturated carbocycles. The molecule has 0 aliphatic carbocycles. The summed E-state index contributed by atoms with van der Waals surface area (Å²) in [5.74, 6) is -0.656. The maximum atomic E-state index is 13.6. The number of hydrogen-bond donors (Lipinski definition) is 1. The second kappa shape index (κ2) is 10.8. The van der Waals surface area contributed by atoms with E-state index >= 15 is 0 Å². The minimum atomic E-state index is -4.69. The van der Waals surface area contributed by atoms with Crippen LogP contribution in [0.4, 0.5) is 18.9 Å². The first kappa shape index (κ1) is 26.1. The average molecular weight is 511 g/mol. The SMILES string of the molecule is COc1ccc(C)cc1S(=O)(=O)N(CC(=O)NCCCn1ccnc1)c1cccc(C(F)(F)F)c1. The van der Waals surface area contributed by atoms with Gasteiger partial charge in [0.1, 0.15) is 17.2 Å². The van der Waals surface area contributed by atoms with Crippen molar-refractivity contribution in [1.82, 2.24) is 14.9 Å². The van der Waals surface area contributed by atoms with Gasteiger partial charge in [0, 0.05) is 25.5 Å². The van der Waals surface area contributed by atoms with Crippen LogP contribution in [0.25, 0.3) is 0 Å². The van der Waals surface area contributed by atoms with Gasteiger partial charge in [0.15, 0.2) is 0 Å². The van der Waals surface area contributed by atoms with Crippen LogP contribution >= 0.6 is 0 Å². The highest BCUT2D eigenvalue weighted by atomic mass is 32.2. The zero-order valence-electron chi connectivity index (χ0n) is 19.1. The Hall–Kier alpha value is -3.54. The monoisotopic (exact) mass is 510 g/mol. The van der Waals surface area contributed by atoms with Gasteiger partial charge >= 0.3 is 6.18 Å². The standard InChI is InChI=1S/C23H25F3N4O4S/c1-17-7-8-20(34-2)21(13-17)35(32,33)30(19-6-3-5-18(14-19)23(24,25)26)15-22(31)28-9-4-11-29-12-10-27-16-29/h3,5-8,10,12-14,16H,4,9,11,15H2,1-2H3,(H,28,31). The summed E-state index contributed by atoms with van der Waals surface area (Å²) >= 11 is 0. The van der Waals surface area contributed by atoms with Crippen molar-refractivity contribution in [2.24, 2.45) is 0 Å². The number of imidazole rings is 1. The van der Waals surface area contributed by atoms with E-state index in [4.69, 9.17) is 4.74 Å². The van der Waals surface area contributed by atoms with Gasteiger partial charge in [0.2, 0.25) is 5.91 Å². The quantitative estimate of drug-likeness (QED) is 0.421. The Labute approximate surface area is 201 Å². The summed E-state index contributed by atoms with van der Waals surface area (Å²) in [7, 11) is -3.19. The van der Waals surface area contributed by atoms with E-state index in [2.05, 4.69) is 10.3 Å². The van der Waals surface area contributed by atoms with Crippen LogP contribution in [0.5, 0.6) is 5.75 Å². The van der Waals surface area contributed by atoms with Crippen molar-refractivity contribution in [3.05, 3.63) is 72.3 Å². The van der Waals surface area contributed by atoms with Crippen LogP contribution in [0.2, 0.25) is 0 Å². The number of anilines is 1. The number of methoxy groups -OCH3 is 1. The number of aryl methyl sites for hydroxylation is 2. The summed E-state index contributed by atoms with van der Waals surface area (Å²) in [5.41, 5.74) is -0.735. The van der Waals surface area contributed by atoms with Crippen molar-refractivity contribution >= 4 is 21.6 Å². The number of benzene rings is 2. The lowest BCUT2D eigenvalue weighted by Crippen LogP contribution is -2.41. The van der Waals surface area contributed by atoms with Crippen LogP contribution in [0.1, 0.15) is 17.5 Å². The van der Waals surface area contributed by atoms with E-state index in [0.29, 0.717) is 28.9 Å². The van der Waals surface area contributed by atoms with Crippen LogP contribution in [-0.4, -0.2) is 44.1 Å². The number of sulfonamides is 1. The zero-order chi connectivity index (χ0) is 25.6. The number of halogens is 3. The molecule has 0 aliphatic rings. The fourth-order valence-corrected chi connectivity index (χ4v) is 5.01. The Balaban J connectivity index is 1.90. The molecule has 2 aromatic carbocycles. The Kier molecular flexibility index (Phi) is 8.05. The molecule has 0 saturated heterocycles. The number of nitrogens with one attached hydrogen (secondary N) is 1. The van der Waals surface area contributed by atoms with Gasteiger partial charge in [0.05, 0.1) is 24.7 Å². The van der Waals surface area contributed by atoms with Crippen molar-refractivity contribution in [2.45, 2.75) is 31.0 Å². The summed E-state index contributed by atoms with van der Waals surface area (Å²) in [6.07, 6.45) is 0.861. The summed E-state index contributed by atoms with van der Waals surface area (Å²) in [4.78, 5) is 16.3. The molecule has 0 radical (unpaired) electrons. The molecule has 0 fully saturated rings. The molecular weight excluding hydrogens is 485 g/mol. The lowest BCUT2D eigenvalue weighted by molar-refractivity contribution is -0.137. The van der Waals surface area contributed by atoms with Crippen molar-refractivity contribution in [3.63, 3.8) is 0 Å². The Morgan fingerprint density at radius 1 is 1.20 bits per heavy atom. The van der Waals surface area contributed by atoms with Crippen molar-refractivity contribution in [2.75, 3.05) is 24.5 Å². The van der Waals surface area contributed by atoms with Gasteiger partial charge < -0.3 is 14.6 Å². The Bertz CT molecular complexity index is 1260. The van der Waals surface area contributed by atoms with E-state index in [0.717, 1.165) is 12.1 Å². The second-order valence-electron chi connectivity index (χ2n) is 7.72. The summed E-state index contributed by atoms with van der Waals surface area (Å²) in [5, 5.41) is 2.62. The number of rotatable bonds is 10. The number of amides is 1. The number of aromatic nitrogens is 2. The second-order valence-corrected chi connectivity index (χ2v) is 9.55. The first-order valence-electron chi connectivity index (χ1n) is 10.6. The van der Waals surface area contributed by atoms with Gasteiger partial charge in [-0.3, -0.25) is 9.10 Å². The maximum absolute atomic E-state index is 13.6. The maximum Gasteiger partial charge on any atom is 0.416 e. The number of carbonyl (C=O) groups excluding carboxylic acids is 1. The topological polar surface area (TPSA) is 93.5 Å². The molecule has 35 heavy (non-hydrogen) atoms. The molecule has 0 unspecified atom stereocenters. The van der Waals surface area contributed by atoms with Crippen molar-refractivity contribution in [1.29, 1.82) is 0 Å². The van der Waals surface area contributed by atoms with Crippen molar-refractivity contribution < 1.29 is 31.1 Å². The average Bonchev–Trinajstić information content (AvgIpc) is 3.33. The molecule has 3 rings (SSSR count). The van der Waals surface area contributed by atoms with E-state index in [1.54, 1.807) is 31.7 Å².